The first-order valence-corrected chi connectivity index (χ1v) is 14.9. The number of nitrogens with zero attached hydrogens (tertiary/aromatic N) is 2. The molecule has 1 aromatic heterocycles. The van der Waals surface area contributed by atoms with Crippen molar-refractivity contribution in [1.82, 2.24) is 15.2 Å². The van der Waals surface area contributed by atoms with E-state index in [2.05, 4.69) is 20.9 Å². The van der Waals surface area contributed by atoms with Gasteiger partial charge in [0.25, 0.3) is 0 Å². The highest BCUT2D eigenvalue weighted by atomic mass is 32.1. The number of carbonyl (C=O) groups excluding carboxylic acids is 4. The second-order valence-corrected chi connectivity index (χ2v) is 11.6. The average molecular weight is 554 g/mol. The lowest BCUT2D eigenvalue weighted by molar-refractivity contribution is -0.142. The van der Waals surface area contributed by atoms with E-state index in [1.807, 2.05) is 44.2 Å². The maximum atomic E-state index is 13.9. The number of thiazole rings is 1. The van der Waals surface area contributed by atoms with Crippen molar-refractivity contribution in [2.75, 3.05) is 17.2 Å². The molecule has 9 nitrogen and oxygen atoms in total. The van der Waals surface area contributed by atoms with E-state index in [-0.39, 0.29) is 35.5 Å². The van der Waals surface area contributed by atoms with Crippen molar-refractivity contribution < 1.29 is 19.2 Å². The molecule has 4 rings (SSSR count). The highest BCUT2D eigenvalue weighted by molar-refractivity contribution is 7.20. The SMILES string of the molecule is CC[C@@H](C)C(=O)N[C@H](C(=O)N1CCC[C@H]1C(=O)Nc1sc(NC(C)=O)nc1-c1ccccc1)C1CCCCC1. The monoisotopic (exact) mass is 553 g/mol. The predicted octanol–water partition coefficient (Wildman–Crippen LogP) is 4.81. The second kappa shape index (κ2) is 13.2. The van der Waals surface area contributed by atoms with Gasteiger partial charge in [-0.15, -0.1) is 0 Å². The highest BCUT2D eigenvalue weighted by Crippen LogP contribution is 2.37. The Balaban J connectivity index is 1.55. The van der Waals surface area contributed by atoms with Crippen LogP contribution < -0.4 is 16.0 Å². The Labute approximate surface area is 234 Å². The van der Waals surface area contributed by atoms with Gasteiger partial charge >= 0.3 is 0 Å². The minimum Gasteiger partial charge on any atom is -0.344 e. The Bertz CT molecular complexity index is 1180. The molecule has 0 radical (unpaired) electrons. The molecular formula is C29H39N5O4S. The Morgan fingerprint density at radius 1 is 1.03 bits per heavy atom. The molecule has 210 valence electrons. The minimum atomic E-state index is -0.640. The molecule has 1 aromatic carbocycles. The first-order valence-electron chi connectivity index (χ1n) is 14.0. The highest BCUT2D eigenvalue weighted by Gasteiger charge is 2.41. The maximum Gasteiger partial charge on any atom is 0.247 e. The third-order valence-corrected chi connectivity index (χ3v) is 8.66. The van der Waals surface area contributed by atoms with Gasteiger partial charge in [0.05, 0.1) is 0 Å². The van der Waals surface area contributed by atoms with Gasteiger partial charge in [-0.2, -0.15) is 0 Å². The smallest absolute Gasteiger partial charge is 0.247 e. The number of aromatic nitrogens is 1. The van der Waals surface area contributed by atoms with Gasteiger partial charge in [0.2, 0.25) is 23.6 Å². The number of amides is 4. The molecule has 4 amide bonds. The first kappa shape index (κ1) is 28.7. The van der Waals surface area contributed by atoms with Gasteiger partial charge in [0.15, 0.2) is 5.13 Å². The van der Waals surface area contributed by atoms with Crippen LogP contribution in [0.25, 0.3) is 11.3 Å². The number of carbonyl (C=O) groups is 4. The lowest BCUT2D eigenvalue weighted by atomic mass is 9.83. The van der Waals surface area contributed by atoms with Crippen molar-refractivity contribution in [2.24, 2.45) is 11.8 Å². The van der Waals surface area contributed by atoms with E-state index < -0.39 is 12.1 Å². The van der Waals surface area contributed by atoms with Gasteiger partial charge in [-0.05, 0) is 38.0 Å². The topological polar surface area (TPSA) is 121 Å². The van der Waals surface area contributed by atoms with Crippen molar-refractivity contribution in [1.29, 1.82) is 0 Å². The number of hydrogen-bond donors (Lipinski definition) is 3. The van der Waals surface area contributed by atoms with Gasteiger partial charge in [0, 0.05) is 24.9 Å². The van der Waals surface area contributed by atoms with Crippen LogP contribution in [-0.2, 0) is 19.2 Å². The molecule has 1 aliphatic heterocycles. The molecule has 2 fully saturated rings. The molecule has 1 aliphatic carbocycles. The molecule has 3 N–H and O–H groups in total. The summed E-state index contributed by atoms with van der Waals surface area (Å²) < 4.78 is 0. The van der Waals surface area contributed by atoms with Gasteiger partial charge in [-0.1, -0.05) is 74.8 Å². The van der Waals surface area contributed by atoms with E-state index in [9.17, 15) is 19.2 Å². The zero-order valence-corrected chi connectivity index (χ0v) is 23.8. The van der Waals surface area contributed by atoms with Gasteiger partial charge < -0.3 is 20.9 Å². The molecule has 0 unspecified atom stereocenters. The van der Waals surface area contributed by atoms with E-state index in [1.165, 1.54) is 18.3 Å². The summed E-state index contributed by atoms with van der Waals surface area (Å²) >= 11 is 1.19. The van der Waals surface area contributed by atoms with Crippen LogP contribution in [-0.4, -0.2) is 52.1 Å². The van der Waals surface area contributed by atoms with Crippen LogP contribution in [0.4, 0.5) is 10.1 Å². The number of likely N-dealkylation sites (tertiary alicyclic amines) is 1. The van der Waals surface area contributed by atoms with Crippen molar-refractivity contribution in [2.45, 2.75) is 84.2 Å². The average Bonchev–Trinajstić information content (AvgIpc) is 3.59. The van der Waals surface area contributed by atoms with E-state index in [4.69, 9.17) is 0 Å². The second-order valence-electron chi connectivity index (χ2n) is 10.6. The number of rotatable bonds is 9. The molecule has 0 bridgehead atoms. The fourth-order valence-electron chi connectivity index (χ4n) is 5.41. The zero-order chi connectivity index (χ0) is 27.9. The third-order valence-electron chi connectivity index (χ3n) is 7.78. The molecular weight excluding hydrogens is 514 g/mol. The van der Waals surface area contributed by atoms with Crippen LogP contribution in [0.5, 0.6) is 0 Å². The summed E-state index contributed by atoms with van der Waals surface area (Å²) in [7, 11) is 0. The summed E-state index contributed by atoms with van der Waals surface area (Å²) in [5.74, 6) is -0.905. The quantitative estimate of drug-likeness (QED) is 0.412. The van der Waals surface area contributed by atoms with E-state index in [0.717, 1.165) is 37.7 Å². The van der Waals surface area contributed by atoms with E-state index in [1.54, 1.807) is 4.90 Å². The first-order chi connectivity index (χ1) is 18.8. The number of hydrogen-bond acceptors (Lipinski definition) is 6. The molecule has 2 aliphatic rings. The van der Waals surface area contributed by atoms with Crippen molar-refractivity contribution in [3.8, 4) is 11.3 Å². The minimum absolute atomic E-state index is 0.0787. The molecule has 1 saturated heterocycles. The Morgan fingerprint density at radius 3 is 2.41 bits per heavy atom. The Kier molecular flexibility index (Phi) is 9.72. The lowest BCUT2D eigenvalue weighted by Crippen LogP contribution is -2.56. The lowest BCUT2D eigenvalue weighted by Gasteiger charge is -2.35. The standard InChI is InChI=1S/C29H39N5O4S/c1-4-18(2)25(36)31-24(21-14-9-6-10-15-21)28(38)34-17-11-16-22(34)26(37)33-27-23(20-12-7-5-8-13-20)32-29(39-27)30-19(3)35/h5,7-8,12-13,18,21-22,24H,4,6,9-11,14-17H2,1-3H3,(H,31,36)(H,33,37)(H,30,32,35)/t18-,22+,24+/m1/s1. The fourth-order valence-corrected chi connectivity index (χ4v) is 6.34. The molecule has 39 heavy (non-hydrogen) atoms. The number of benzene rings is 1. The number of anilines is 2. The fraction of sp³-hybridized carbons (Fsp3) is 0.552. The Hall–Kier alpha value is -3.27. The molecule has 2 heterocycles. The van der Waals surface area contributed by atoms with Gasteiger partial charge in [0.1, 0.15) is 22.8 Å². The summed E-state index contributed by atoms with van der Waals surface area (Å²) in [5, 5.41) is 9.67. The summed E-state index contributed by atoms with van der Waals surface area (Å²) in [4.78, 5) is 58.3. The normalized spacial score (nSPS) is 19.3. The Morgan fingerprint density at radius 2 is 1.74 bits per heavy atom. The summed E-state index contributed by atoms with van der Waals surface area (Å²) in [5.41, 5.74) is 1.37. The van der Waals surface area contributed by atoms with Crippen LogP contribution >= 0.6 is 11.3 Å². The number of nitrogens with one attached hydrogen (secondary N) is 3. The van der Waals surface area contributed by atoms with Crippen LogP contribution in [0, 0.1) is 11.8 Å². The van der Waals surface area contributed by atoms with Crippen LogP contribution in [0.3, 0.4) is 0 Å². The van der Waals surface area contributed by atoms with Crippen LogP contribution in [0.15, 0.2) is 30.3 Å². The largest absolute Gasteiger partial charge is 0.344 e. The summed E-state index contributed by atoms with van der Waals surface area (Å²) in [6, 6.07) is 8.19. The summed E-state index contributed by atoms with van der Waals surface area (Å²) in [6.07, 6.45) is 6.99. The van der Waals surface area contributed by atoms with Crippen molar-refractivity contribution in [3.63, 3.8) is 0 Å². The molecule has 3 atom stereocenters. The third kappa shape index (κ3) is 7.03. The zero-order valence-electron chi connectivity index (χ0n) is 23.0. The molecule has 0 spiro atoms. The van der Waals surface area contributed by atoms with Crippen molar-refractivity contribution >= 4 is 45.1 Å². The van der Waals surface area contributed by atoms with E-state index in [0.29, 0.717) is 41.6 Å². The van der Waals surface area contributed by atoms with Crippen LogP contribution in [0.2, 0.25) is 0 Å². The molecule has 1 saturated carbocycles. The van der Waals surface area contributed by atoms with Gasteiger partial charge in [-0.3, -0.25) is 19.2 Å². The molecule has 10 heteroatoms. The van der Waals surface area contributed by atoms with Crippen molar-refractivity contribution in [3.05, 3.63) is 30.3 Å². The van der Waals surface area contributed by atoms with Crippen LogP contribution in [0.1, 0.15) is 72.1 Å². The maximum absolute atomic E-state index is 13.9. The molecule has 2 aromatic rings. The predicted molar refractivity (Wildman–Crippen MR) is 153 cm³/mol. The van der Waals surface area contributed by atoms with Gasteiger partial charge in [-0.25, -0.2) is 4.98 Å². The van der Waals surface area contributed by atoms with E-state index >= 15 is 0 Å². The summed E-state index contributed by atoms with van der Waals surface area (Å²) in [6.45, 7) is 5.72.